The van der Waals surface area contributed by atoms with E-state index in [9.17, 15) is 0 Å². The van der Waals surface area contributed by atoms with Gasteiger partial charge in [-0.15, -0.1) is 0 Å². The Bertz CT molecular complexity index is 1500. The quantitative estimate of drug-likeness (QED) is 0.317. The van der Waals surface area contributed by atoms with Gasteiger partial charge in [-0.25, -0.2) is 19.9 Å². The molecule has 4 heteroatoms. The zero-order chi connectivity index (χ0) is 20.2. The van der Waals surface area contributed by atoms with Crippen LogP contribution >= 0.6 is 0 Å². The lowest BCUT2D eigenvalue weighted by atomic mass is 10.0. The first kappa shape index (κ1) is 17.0. The lowest BCUT2D eigenvalue weighted by molar-refractivity contribution is 1.35. The average molecular weight is 386 g/mol. The summed E-state index contributed by atoms with van der Waals surface area (Å²) in [5, 5.41) is 0. The Morgan fingerprint density at radius 2 is 0.900 bits per heavy atom. The van der Waals surface area contributed by atoms with Crippen LogP contribution in [0.1, 0.15) is 11.1 Å². The van der Waals surface area contributed by atoms with Crippen LogP contribution < -0.4 is 0 Å². The summed E-state index contributed by atoms with van der Waals surface area (Å²) >= 11 is 0. The highest BCUT2D eigenvalue weighted by atomic mass is 14.8. The third-order valence-corrected chi connectivity index (χ3v) is 5.66. The van der Waals surface area contributed by atoms with E-state index in [0.717, 1.165) is 66.4 Å². The van der Waals surface area contributed by atoms with E-state index in [2.05, 4.69) is 50.2 Å². The normalized spacial score (nSPS) is 11.7. The van der Waals surface area contributed by atoms with E-state index >= 15 is 0 Å². The van der Waals surface area contributed by atoms with Crippen molar-refractivity contribution in [2.75, 3.05) is 0 Å². The second kappa shape index (κ2) is 6.29. The third kappa shape index (κ3) is 2.61. The van der Waals surface area contributed by atoms with Gasteiger partial charge in [0.1, 0.15) is 0 Å². The van der Waals surface area contributed by atoms with Gasteiger partial charge in [0.15, 0.2) is 0 Å². The number of aryl methyl sites for hydroxylation is 2. The van der Waals surface area contributed by atoms with E-state index in [0.29, 0.717) is 0 Å². The molecule has 6 aromatic rings. The summed E-state index contributed by atoms with van der Waals surface area (Å²) in [7, 11) is 0. The molecule has 0 saturated heterocycles. The van der Waals surface area contributed by atoms with Gasteiger partial charge in [0.25, 0.3) is 0 Å². The minimum absolute atomic E-state index is 0.898. The number of hydrogen-bond acceptors (Lipinski definition) is 4. The van der Waals surface area contributed by atoms with Gasteiger partial charge in [0.05, 0.1) is 44.1 Å². The molecule has 0 aliphatic heterocycles. The molecule has 0 fully saturated rings. The van der Waals surface area contributed by atoms with Gasteiger partial charge in [0.2, 0.25) is 0 Å². The summed E-state index contributed by atoms with van der Waals surface area (Å²) in [5.74, 6) is 0. The molecule has 0 radical (unpaired) electrons. The van der Waals surface area contributed by atoms with Crippen LogP contribution in [0.25, 0.3) is 55.3 Å². The second-order valence-electron chi connectivity index (χ2n) is 7.74. The van der Waals surface area contributed by atoms with Crippen molar-refractivity contribution >= 4 is 44.1 Å². The van der Waals surface area contributed by atoms with Crippen molar-refractivity contribution in [1.82, 2.24) is 19.9 Å². The van der Waals surface area contributed by atoms with E-state index in [-0.39, 0.29) is 0 Å². The predicted molar refractivity (Wildman–Crippen MR) is 123 cm³/mol. The van der Waals surface area contributed by atoms with Crippen LogP contribution in [0, 0.1) is 13.8 Å². The molecule has 0 bridgehead atoms. The average Bonchev–Trinajstić information content (AvgIpc) is 2.77. The smallest absolute Gasteiger partial charge is 0.0923 e. The largest absolute Gasteiger partial charge is 0.244 e. The van der Waals surface area contributed by atoms with Crippen LogP contribution in [0.4, 0.5) is 0 Å². The van der Waals surface area contributed by atoms with Gasteiger partial charge in [-0.3, -0.25) is 0 Å². The van der Waals surface area contributed by atoms with Crippen molar-refractivity contribution in [2.24, 2.45) is 0 Å². The van der Waals surface area contributed by atoms with Crippen LogP contribution in [0.5, 0.6) is 0 Å². The minimum atomic E-state index is 0.898. The van der Waals surface area contributed by atoms with Crippen LogP contribution in [0.2, 0.25) is 0 Å². The molecule has 6 rings (SSSR count). The maximum atomic E-state index is 4.89. The molecule has 30 heavy (non-hydrogen) atoms. The maximum Gasteiger partial charge on any atom is 0.0923 e. The Morgan fingerprint density at radius 3 is 1.37 bits per heavy atom. The highest BCUT2D eigenvalue weighted by Crippen LogP contribution is 2.28. The first-order valence-electron chi connectivity index (χ1n) is 10.0. The molecule has 0 aliphatic rings. The number of hydrogen-bond donors (Lipinski definition) is 0. The van der Waals surface area contributed by atoms with Gasteiger partial charge < -0.3 is 0 Å². The minimum Gasteiger partial charge on any atom is -0.244 e. The molecule has 2 aromatic heterocycles. The SMILES string of the molecule is Cc1cccc2nc3ccc(-c4ccc5nc6cccc(C)c6nc5c4)cc3nc12. The van der Waals surface area contributed by atoms with Crippen molar-refractivity contribution in [1.29, 1.82) is 0 Å². The fourth-order valence-electron chi connectivity index (χ4n) is 4.03. The Morgan fingerprint density at radius 1 is 0.433 bits per heavy atom. The summed E-state index contributed by atoms with van der Waals surface area (Å²) < 4.78 is 0. The predicted octanol–water partition coefficient (Wildman–Crippen LogP) is 6.16. The molecule has 0 N–H and O–H groups in total. The van der Waals surface area contributed by atoms with E-state index in [1.54, 1.807) is 0 Å². The van der Waals surface area contributed by atoms with Crippen molar-refractivity contribution in [3.8, 4) is 11.1 Å². The number of aromatic nitrogens is 4. The highest BCUT2D eigenvalue weighted by Gasteiger charge is 2.08. The van der Waals surface area contributed by atoms with Crippen LogP contribution in [-0.2, 0) is 0 Å². The van der Waals surface area contributed by atoms with Gasteiger partial charge >= 0.3 is 0 Å². The van der Waals surface area contributed by atoms with E-state index < -0.39 is 0 Å². The summed E-state index contributed by atoms with van der Waals surface area (Å²) in [6.07, 6.45) is 0. The third-order valence-electron chi connectivity index (χ3n) is 5.66. The number of benzene rings is 4. The lowest BCUT2D eigenvalue weighted by Gasteiger charge is -2.08. The second-order valence-corrected chi connectivity index (χ2v) is 7.74. The summed E-state index contributed by atoms with van der Waals surface area (Å²) in [6, 6.07) is 24.7. The lowest BCUT2D eigenvalue weighted by Crippen LogP contribution is -1.92. The fourth-order valence-corrected chi connectivity index (χ4v) is 4.03. The van der Waals surface area contributed by atoms with Crippen LogP contribution in [-0.4, -0.2) is 19.9 Å². The summed E-state index contributed by atoms with van der Waals surface area (Å²) in [6.45, 7) is 4.14. The Kier molecular flexibility index (Phi) is 3.56. The van der Waals surface area contributed by atoms with Crippen molar-refractivity contribution in [2.45, 2.75) is 13.8 Å². The summed E-state index contributed by atoms with van der Waals surface area (Å²) in [4.78, 5) is 19.3. The Balaban J connectivity index is 1.54. The van der Waals surface area contributed by atoms with E-state index in [1.807, 2.05) is 36.4 Å². The monoisotopic (exact) mass is 386 g/mol. The van der Waals surface area contributed by atoms with Crippen LogP contribution in [0.3, 0.4) is 0 Å². The fraction of sp³-hybridized carbons (Fsp3) is 0.0769. The molecule has 4 aromatic carbocycles. The van der Waals surface area contributed by atoms with E-state index in [1.165, 1.54) is 0 Å². The molecule has 0 saturated carbocycles. The number of nitrogens with zero attached hydrogens (tertiary/aromatic N) is 4. The molecule has 0 aliphatic carbocycles. The van der Waals surface area contributed by atoms with E-state index in [4.69, 9.17) is 19.9 Å². The van der Waals surface area contributed by atoms with Gasteiger partial charge in [0, 0.05) is 0 Å². The number of para-hydroxylation sites is 2. The Labute approximate surface area is 173 Å². The molecule has 0 unspecified atom stereocenters. The molecule has 142 valence electrons. The molecular weight excluding hydrogens is 368 g/mol. The number of fused-ring (bicyclic) bond motifs is 4. The standard InChI is InChI=1S/C26H18N4/c1-15-5-3-7-21-25(15)29-23-13-17(9-11-19(23)27-21)18-10-12-20-24(14-18)30-26-16(2)6-4-8-22(26)28-20/h3-14H,1-2H3. The first-order valence-corrected chi connectivity index (χ1v) is 10.0. The zero-order valence-electron chi connectivity index (χ0n) is 16.7. The number of rotatable bonds is 1. The first-order chi connectivity index (χ1) is 14.7. The maximum absolute atomic E-state index is 4.89. The van der Waals surface area contributed by atoms with Crippen molar-refractivity contribution in [3.63, 3.8) is 0 Å². The molecular formula is C26H18N4. The Hall–Kier alpha value is -3.92. The topological polar surface area (TPSA) is 51.6 Å². The molecule has 0 atom stereocenters. The van der Waals surface area contributed by atoms with Crippen molar-refractivity contribution < 1.29 is 0 Å². The highest BCUT2D eigenvalue weighted by molar-refractivity contribution is 5.93. The van der Waals surface area contributed by atoms with Gasteiger partial charge in [-0.2, -0.15) is 0 Å². The molecule has 4 nitrogen and oxygen atoms in total. The summed E-state index contributed by atoms with van der Waals surface area (Å²) in [5.41, 5.74) is 11.8. The van der Waals surface area contributed by atoms with Gasteiger partial charge in [-0.05, 0) is 72.5 Å². The van der Waals surface area contributed by atoms with Crippen molar-refractivity contribution in [3.05, 3.63) is 83.9 Å². The molecule has 0 amide bonds. The molecule has 0 spiro atoms. The molecule has 2 heterocycles. The zero-order valence-corrected chi connectivity index (χ0v) is 16.7. The van der Waals surface area contributed by atoms with Gasteiger partial charge in [-0.1, -0.05) is 36.4 Å². The van der Waals surface area contributed by atoms with Crippen LogP contribution in [0.15, 0.2) is 72.8 Å².